The molecule has 0 aliphatic rings. The van der Waals surface area contributed by atoms with E-state index in [1.807, 2.05) is 6.07 Å². The number of nitro benzene ring substituents is 2. The Morgan fingerprint density at radius 1 is 1.33 bits per heavy atom. The number of nitrogens with one attached hydrogen (secondary N) is 1. The number of anilines is 1. The fraction of sp³-hybridized carbons (Fsp3) is 0.133. The lowest BCUT2D eigenvalue weighted by molar-refractivity contribution is -0.410. The molecule has 2 aromatic rings. The maximum atomic E-state index is 11.9. The number of nitrogens with two attached hydrogens (primary N) is 1. The number of aromatic nitrogens is 1. The number of nitrogens with zero attached hydrogens (tertiary/aromatic N) is 3. The summed E-state index contributed by atoms with van der Waals surface area (Å²) in [5.74, 6) is -0.805. The van der Waals surface area contributed by atoms with Gasteiger partial charge in [-0.3, -0.25) is 26.0 Å². The van der Waals surface area contributed by atoms with E-state index in [9.17, 15) is 30.3 Å². The highest BCUT2D eigenvalue weighted by Crippen LogP contribution is 2.37. The number of hydrogen-bond donors (Lipinski definition) is 1. The molecule has 0 aliphatic carbocycles. The molecule has 0 bridgehead atoms. The molecule has 0 unspecified atom stereocenters. The first-order valence-electron chi connectivity index (χ1n) is 7.32. The molecule has 12 heteroatoms. The lowest BCUT2D eigenvalue weighted by Gasteiger charge is -2.06. The lowest BCUT2D eigenvalue weighted by Crippen LogP contribution is -2.21. The summed E-state index contributed by atoms with van der Waals surface area (Å²) in [6, 6.07) is 6.21. The number of pyridine rings is 1. The summed E-state index contributed by atoms with van der Waals surface area (Å²) in [7, 11) is 0. The highest BCUT2D eigenvalue weighted by molar-refractivity contribution is 7.99. The van der Waals surface area contributed by atoms with Crippen molar-refractivity contribution in [2.75, 3.05) is 12.3 Å². The molecule has 3 N–H and O–H groups in total. The van der Waals surface area contributed by atoms with Crippen molar-refractivity contribution in [3.63, 3.8) is 0 Å². The number of ether oxygens (including phenoxy) is 1. The number of non-ortho nitro benzene ring substituents is 1. The van der Waals surface area contributed by atoms with E-state index >= 15 is 0 Å². The van der Waals surface area contributed by atoms with Crippen LogP contribution in [0.15, 0.2) is 34.2 Å². The standard InChI is InChI=1S/C15H11N5O6S/c1-2-26-15(21)10-5-8(7-16)14(18-13(10)17)27-12-4-3-9(19(22)23)6-11(12)20(24)25/h3-6H,2H2,1H3,(H2,17,18)/p+1. The van der Waals surface area contributed by atoms with Gasteiger partial charge in [-0.15, -0.1) is 0 Å². The average Bonchev–Trinajstić information content (AvgIpc) is 2.62. The number of carbonyl (C=O) groups excluding carboxylic acids is 1. The molecule has 1 heterocycles. The summed E-state index contributed by atoms with van der Waals surface area (Å²) in [6.45, 7) is 1.73. The van der Waals surface area contributed by atoms with E-state index in [0.29, 0.717) is 0 Å². The van der Waals surface area contributed by atoms with Crippen molar-refractivity contribution in [2.24, 2.45) is 0 Å². The van der Waals surface area contributed by atoms with Crippen LogP contribution in [-0.4, -0.2) is 22.4 Å². The number of H-pyrrole nitrogens is 1. The molecule has 1 aromatic carbocycles. The first-order chi connectivity index (χ1) is 12.8. The second-order valence-corrected chi connectivity index (χ2v) is 5.99. The topological polar surface area (TPSA) is 177 Å². The van der Waals surface area contributed by atoms with Crippen molar-refractivity contribution in [3.05, 3.63) is 55.6 Å². The zero-order chi connectivity index (χ0) is 20.1. The number of benzene rings is 1. The third-order valence-electron chi connectivity index (χ3n) is 3.25. The van der Waals surface area contributed by atoms with Gasteiger partial charge in [0.05, 0.1) is 27.4 Å². The monoisotopic (exact) mass is 390 g/mol. The zero-order valence-corrected chi connectivity index (χ0v) is 14.6. The highest BCUT2D eigenvalue weighted by atomic mass is 32.2. The van der Waals surface area contributed by atoms with Crippen LogP contribution in [0.2, 0.25) is 0 Å². The van der Waals surface area contributed by atoms with E-state index in [-0.39, 0.29) is 33.5 Å². The second-order valence-electron chi connectivity index (χ2n) is 4.94. The average molecular weight is 390 g/mol. The lowest BCUT2D eigenvalue weighted by atomic mass is 10.2. The molecule has 27 heavy (non-hydrogen) atoms. The van der Waals surface area contributed by atoms with Crippen LogP contribution in [0.3, 0.4) is 0 Å². The largest absolute Gasteiger partial charge is 0.462 e. The number of hydrogen-bond acceptors (Lipinski definition) is 9. The number of rotatable bonds is 6. The molecular formula is C15H12N5O6S+. The Kier molecular flexibility index (Phi) is 5.89. The van der Waals surface area contributed by atoms with Gasteiger partial charge in [0.25, 0.3) is 17.2 Å². The van der Waals surface area contributed by atoms with Crippen LogP contribution in [0.5, 0.6) is 0 Å². The van der Waals surface area contributed by atoms with Crippen molar-refractivity contribution in [3.8, 4) is 6.07 Å². The Labute approximate surface area is 156 Å². The van der Waals surface area contributed by atoms with E-state index in [2.05, 4.69) is 4.98 Å². The van der Waals surface area contributed by atoms with Gasteiger partial charge in [-0.2, -0.15) is 5.26 Å². The first-order valence-corrected chi connectivity index (χ1v) is 8.13. The Morgan fingerprint density at radius 3 is 2.59 bits per heavy atom. The van der Waals surface area contributed by atoms with E-state index in [1.54, 1.807) is 6.92 Å². The summed E-state index contributed by atoms with van der Waals surface area (Å²) in [5, 5.41) is 31.5. The van der Waals surface area contributed by atoms with Crippen LogP contribution in [0.1, 0.15) is 22.8 Å². The van der Waals surface area contributed by atoms with Crippen LogP contribution in [0, 0.1) is 31.6 Å². The van der Waals surface area contributed by atoms with Gasteiger partial charge in [-0.25, -0.2) is 9.78 Å². The number of aromatic amines is 1. The van der Waals surface area contributed by atoms with E-state index in [0.717, 1.165) is 23.9 Å². The minimum Gasteiger partial charge on any atom is -0.462 e. The van der Waals surface area contributed by atoms with E-state index in [1.165, 1.54) is 12.1 Å². The Morgan fingerprint density at radius 2 is 2.04 bits per heavy atom. The van der Waals surface area contributed by atoms with Gasteiger partial charge in [0.2, 0.25) is 0 Å². The van der Waals surface area contributed by atoms with Gasteiger partial charge in [-0.1, -0.05) is 0 Å². The maximum absolute atomic E-state index is 11.9. The molecule has 0 aliphatic heterocycles. The summed E-state index contributed by atoms with van der Waals surface area (Å²) in [5.41, 5.74) is 4.81. The molecule has 0 amide bonds. The van der Waals surface area contributed by atoms with Gasteiger partial charge in [0.1, 0.15) is 17.2 Å². The summed E-state index contributed by atoms with van der Waals surface area (Å²) >= 11 is 0.788. The maximum Gasteiger partial charge on any atom is 0.346 e. The summed E-state index contributed by atoms with van der Waals surface area (Å²) < 4.78 is 4.84. The Bertz CT molecular complexity index is 987. The van der Waals surface area contributed by atoms with Gasteiger partial charge in [-0.05, 0) is 30.8 Å². The van der Waals surface area contributed by atoms with Crippen LogP contribution in [0.4, 0.5) is 17.2 Å². The van der Waals surface area contributed by atoms with Gasteiger partial charge >= 0.3 is 5.97 Å². The molecular weight excluding hydrogens is 378 g/mol. The molecule has 0 atom stereocenters. The predicted octanol–water partition coefficient (Wildman–Crippen LogP) is 2.10. The van der Waals surface area contributed by atoms with Crippen LogP contribution in [-0.2, 0) is 4.74 Å². The fourth-order valence-electron chi connectivity index (χ4n) is 2.04. The number of nitro groups is 2. The Hall–Kier alpha value is -3.72. The van der Waals surface area contributed by atoms with E-state index < -0.39 is 27.2 Å². The van der Waals surface area contributed by atoms with Gasteiger partial charge in [0, 0.05) is 6.07 Å². The van der Waals surface area contributed by atoms with Crippen molar-refractivity contribution >= 4 is 34.9 Å². The third-order valence-corrected chi connectivity index (χ3v) is 4.34. The van der Waals surface area contributed by atoms with Crippen molar-refractivity contribution < 1.29 is 24.4 Å². The quantitative estimate of drug-likeness (QED) is 0.439. The van der Waals surface area contributed by atoms with Gasteiger partial charge in [0.15, 0.2) is 5.03 Å². The summed E-state index contributed by atoms with van der Waals surface area (Å²) in [4.78, 5) is 35.1. The minimum atomic E-state index is -0.766. The number of carbonyl (C=O) groups is 1. The smallest absolute Gasteiger partial charge is 0.346 e. The molecule has 1 aromatic heterocycles. The highest BCUT2D eigenvalue weighted by Gasteiger charge is 2.25. The summed E-state index contributed by atoms with van der Waals surface area (Å²) in [6.07, 6.45) is 0. The predicted molar refractivity (Wildman–Crippen MR) is 92.0 cm³/mol. The molecule has 0 fully saturated rings. The normalized spacial score (nSPS) is 10.1. The molecule has 0 saturated heterocycles. The molecule has 0 saturated carbocycles. The molecule has 138 valence electrons. The Balaban J connectivity index is 2.50. The van der Waals surface area contributed by atoms with Crippen LogP contribution >= 0.6 is 11.8 Å². The first kappa shape index (κ1) is 19.6. The van der Waals surface area contributed by atoms with Crippen LogP contribution in [0.25, 0.3) is 0 Å². The third kappa shape index (κ3) is 4.28. The molecule has 0 radical (unpaired) electrons. The van der Waals surface area contributed by atoms with Crippen molar-refractivity contribution in [1.29, 1.82) is 5.26 Å². The molecule has 11 nitrogen and oxygen atoms in total. The zero-order valence-electron chi connectivity index (χ0n) is 13.8. The van der Waals surface area contributed by atoms with Crippen LogP contribution < -0.4 is 10.7 Å². The second kappa shape index (κ2) is 8.11. The fourth-order valence-corrected chi connectivity index (χ4v) is 3.01. The SMILES string of the molecule is CCOC(=O)c1cc(C#N)c(Sc2ccc([N+](=O)[O-])cc2[N+](=O)[O-])[nH+]c1N. The van der Waals surface area contributed by atoms with Crippen molar-refractivity contribution in [1.82, 2.24) is 0 Å². The molecule has 2 rings (SSSR count). The van der Waals surface area contributed by atoms with Gasteiger partial charge < -0.3 is 4.74 Å². The molecule has 0 spiro atoms. The number of esters is 1. The van der Waals surface area contributed by atoms with Crippen molar-refractivity contribution in [2.45, 2.75) is 16.8 Å². The minimum absolute atomic E-state index is 0.00454. The number of nitriles is 1. The number of nitrogen functional groups attached to an aromatic ring is 1. The van der Waals surface area contributed by atoms with E-state index in [4.69, 9.17) is 10.5 Å².